The molecule has 0 saturated carbocycles. The lowest BCUT2D eigenvalue weighted by molar-refractivity contribution is 0.869. The molecule has 0 radical (unpaired) electrons. The van der Waals surface area contributed by atoms with Gasteiger partial charge in [-0.2, -0.15) is 10.2 Å². The SMILES string of the molecule is Cn1cc(-c2ccc(CCN)nn2)c2ccccc21. The minimum Gasteiger partial charge on any atom is -0.350 e. The number of para-hydroxylation sites is 1. The molecule has 0 saturated heterocycles. The number of nitrogens with zero attached hydrogens (tertiary/aromatic N) is 3. The highest BCUT2D eigenvalue weighted by Crippen LogP contribution is 2.28. The van der Waals surface area contributed by atoms with Crippen molar-refractivity contribution >= 4 is 10.9 Å². The van der Waals surface area contributed by atoms with E-state index in [9.17, 15) is 0 Å². The largest absolute Gasteiger partial charge is 0.350 e. The molecule has 0 spiro atoms. The molecule has 4 heteroatoms. The van der Waals surface area contributed by atoms with Crippen molar-refractivity contribution in [2.75, 3.05) is 6.54 Å². The van der Waals surface area contributed by atoms with Crippen LogP contribution in [0.3, 0.4) is 0 Å². The van der Waals surface area contributed by atoms with Gasteiger partial charge in [0.15, 0.2) is 0 Å². The summed E-state index contributed by atoms with van der Waals surface area (Å²) in [5.41, 5.74) is 9.67. The molecule has 0 aliphatic carbocycles. The molecule has 1 aromatic carbocycles. The average molecular weight is 252 g/mol. The highest BCUT2D eigenvalue weighted by Gasteiger charge is 2.09. The molecule has 2 heterocycles. The van der Waals surface area contributed by atoms with E-state index in [1.165, 1.54) is 10.9 Å². The van der Waals surface area contributed by atoms with Crippen LogP contribution in [0.5, 0.6) is 0 Å². The second-order valence-electron chi connectivity index (χ2n) is 4.62. The van der Waals surface area contributed by atoms with Crippen LogP contribution in [0.15, 0.2) is 42.6 Å². The van der Waals surface area contributed by atoms with Gasteiger partial charge in [0.2, 0.25) is 0 Å². The summed E-state index contributed by atoms with van der Waals surface area (Å²) in [6, 6.07) is 12.3. The Morgan fingerprint density at radius 1 is 1.11 bits per heavy atom. The van der Waals surface area contributed by atoms with Gasteiger partial charge in [-0.05, 0) is 24.7 Å². The highest BCUT2D eigenvalue weighted by atomic mass is 15.1. The van der Waals surface area contributed by atoms with Crippen LogP contribution in [-0.2, 0) is 13.5 Å². The number of hydrogen-bond donors (Lipinski definition) is 1. The normalized spacial score (nSPS) is 11.1. The zero-order valence-electron chi connectivity index (χ0n) is 10.9. The Hall–Kier alpha value is -2.20. The maximum atomic E-state index is 5.52. The first kappa shape index (κ1) is 11.9. The zero-order chi connectivity index (χ0) is 13.2. The van der Waals surface area contributed by atoms with Crippen molar-refractivity contribution in [1.29, 1.82) is 0 Å². The third-order valence-corrected chi connectivity index (χ3v) is 3.29. The van der Waals surface area contributed by atoms with Gasteiger partial charge in [0.1, 0.15) is 0 Å². The minimum absolute atomic E-state index is 0.599. The molecule has 0 fully saturated rings. The maximum Gasteiger partial charge on any atom is 0.0951 e. The number of fused-ring (bicyclic) bond motifs is 1. The van der Waals surface area contributed by atoms with Crippen molar-refractivity contribution in [2.24, 2.45) is 12.8 Å². The van der Waals surface area contributed by atoms with Crippen molar-refractivity contribution in [3.05, 3.63) is 48.3 Å². The molecule has 4 nitrogen and oxygen atoms in total. The predicted octanol–water partition coefficient (Wildman–Crippen LogP) is 2.14. The van der Waals surface area contributed by atoms with Crippen LogP contribution >= 0.6 is 0 Å². The molecule has 0 atom stereocenters. The van der Waals surface area contributed by atoms with Crippen LogP contribution in [0.4, 0.5) is 0 Å². The van der Waals surface area contributed by atoms with E-state index in [0.29, 0.717) is 6.54 Å². The molecular formula is C15H16N4. The zero-order valence-corrected chi connectivity index (χ0v) is 10.9. The summed E-state index contributed by atoms with van der Waals surface area (Å²) in [6.45, 7) is 0.599. The second-order valence-corrected chi connectivity index (χ2v) is 4.62. The molecule has 19 heavy (non-hydrogen) atoms. The van der Waals surface area contributed by atoms with Crippen LogP contribution < -0.4 is 5.73 Å². The van der Waals surface area contributed by atoms with Crippen molar-refractivity contribution in [3.63, 3.8) is 0 Å². The summed E-state index contributed by atoms with van der Waals surface area (Å²) in [5.74, 6) is 0. The number of benzene rings is 1. The topological polar surface area (TPSA) is 56.7 Å². The van der Waals surface area contributed by atoms with Crippen molar-refractivity contribution < 1.29 is 0 Å². The molecule has 2 N–H and O–H groups in total. The summed E-state index contributed by atoms with van der Waals surface area (Å²) < 4.78 is 2.11. The molecule has 96 valence electrons. The maximum absolute atomic E-state index is 5.52. The highest BCUT2D eigenvalue weighted by molar-refractivity contribution is 5.94. The quantitative estimate of drug-likeness (QED) is 0.777. The molecule has 0 amide bonds. The number of aryl methyl sites for hydroxylation is 1. The van der Waals surface area contributed by atoms with E-state index >= 15 is 0 Å². The predicted molar refractivity (Wildman–Crippen MR) is 76.7 cm³/mol. The van der Waals surface area contributed by atoms with E-state index < -0.39 is 0 Å². The van der Waals surface area contributed by atoms with E-state index in [2.05, 4.69) is 33.1 Å². The first-order valence-corrected chi connectivity index (χ1v) is 6.36. The van der Waals surface area contributed by atoms with Crippen molar-refractivity contribution in [3.8, 4) is 11.3 Å². The standard InChI is InChI=1S/C15H16N4/c1-19-10-13(12-4-2-3-5-15(12)19)14-7-6-11(8-9-16)17-18-14/h2-7,10H,8-9,16H2,1H3. The van der Waals surface area contributed by atoms with Gasteiger partial charge in [0.05, 0.1) is 11.4 Å². The van der Waals surface area contributed by atoms with Gasteiger partial charge >= 0.3 is 0 Å². The fourth-order valence-electron chi connectivity index (χ4n) is 2.33. The summed E-state index contributed by atoms with van der Waals surface area (Å²) in [4.78, 5) is 0. The Kier molecular flexibility index (Phi) is 3.01. The number of aromatic nitrogens is 3. The second kappa shape index (κ2) is 4.82. The minimum atomic E-state index is 0.599. The van der Waals surface area contributed by atoms with Gasteiger partial charge in [0, 0.05) is 36.1 Å². The Labute approximate surface area is 111 Å². The Morgan fingerprint density at radius 3 is 2.68 bits per heavy atom. The Morgan fingerprint density at radius 2 is 1.95 bits per heavy atom. The summed E-state index contributed by atoms with van der Waals surface area (Å²) >= 11 is 0. The van der Waals surface area contributed by atoms with E-state index in [1.54, 1.807) is 0 Å². The molecule has 0 aliphatic rings. The third-order valence-electron chi connectivity index (χ3n) is 3.29. The Bertz CT molecular complexity index is 698. The van der Waals surface area contributed by atoms with Crippen molar-refractivity contribution in [2.45, 2.75) is 6.42 Å². The van der Waals surface area contributed by atoms with Gasteiger partial charge < -0.3 is 10.3 Å². The van der Waals surface area contributed by atoms with Gasteiger partial charge in [-0.1, -0.05) is 18.2 Å². The first-order chi connectivity index (χ1) is 9.29. The van der Waals surface area contributed by atoms with E-state index in [-0.39, 0.29) is 0 Å². The lowest BCUT2D eigenvalue weighted by atomic mass is 10.1. The smallest absolute Gasteiger partial charge is 0.0951 e. The van der Waals surface area contributed by atoms with E-state index in [0.717, 1.165) is 23.4 Å². The first-order valence-electron chi connectivity index (χ1n) is 6.36. The molecule has 0 aliphatic heterocycles. The van der Waals surface area contributed by atoms with Crippen LogP contribution in [0.1, 0.15) is 5.69 Å². The summed E-state index contributed by atoms with van der Waals surface area (Å²) in [5, 5.41) is 9.73. The third kappa shape index (κ3) is 2.11. The van der Waals surface area contributed by atoms with Crippen LogP contribution in [0.25, 0.3) is 22.2 Å². The molecule has 3 rings (SSSR count). The van der Waals surface area contributed by atoms with E-state index in [1.807, 2.05) is 31.3 Å². The lowest BCUT2D eigenvalue weighted by Gasteiger charge is -2.00. The Balaban J connectivity index is 2.09. The van der Waals surface area contributed by atoms with E-state index in [4.69, 9.17) is 5.73 Å². The fraction of sp³-hybridized carbons (Fsp3) is 0.200. The van der Waals surface area contributed by atoms with Gasteiger partial charge in [-0.15, -0.1) is 0 Å². The summed E-state index contributed by atoms with van der Waals surface area (Å²) in [6.07, 6.45) is 2.86. The van der Waals surface area contributed by atoms with Gasteiger partial charge in [0.25, 0.3) is 0 Å². The number of rotatable bonds is 3. The van der Waals surface area contributed by atoms with Crippen LogP contribution in [0, 0.1) is 0 Å². The monoisotopic (exact) mass is 252 g/mol. The lowest BCUT2D eigenvalue weighted by Crippen LogP contribution is -2.05. The number of nitrogens with two attached hydrogens (primary N) is 1. The van der Waals surface area contributed by atoms with Crippen LogP contribution in [-0.4, -0.2) is 21.3 Å². The number of hydrogen-bond acceptors (Lipinski definition) is 3. The molecule has 3 aromatic rings. The molecular weight excluding hydrogens is 236 g/mol. The van der Waals surface area contributed by atoms with Gasteiger partial charge in [-0.3, -0.25) is 0 Å². The molecule has 0 unspecified atom stereocenters. The fourth-order valence-corrected chi connectivity index (χ4v) is 2.33. The van der Waals surface area contributed by atoms with Crippen LogP contribution in [0.2, 0.25) is 0 Å². The molecule has 2 aromatic heterocycles. The van der Waals surface area contributed by atoms with Crippen molar-refractivity contribution in [1.82, 2.24) is 14.8 Å². The van der Waals surface area contributed by atoms with Gasteiger partial charge in [-0.25, -0.2) is 0 Å². The molecule has 0 bridgehead atoms. The average Bonchev–Trinajstić information content (AvgIpc) is 2.78. The summed E-state index contributed by atoms with van der Waals surface area (Å²) in [7, 11) is 2.04.